The Morgan fingerprint density at radius 1 is 1.50 bits per heavy atom. The molecule has 1 aromatic carbocycles. The molecule has 2 N–H and O–H groups in total. The molecule has 0 bridgehead atoms. The third-order valence-electron chi connectivity index (χ3n) is 2.84. The second-order valence-electron chi connectivity index (χ2n) is 4.12. The monoisotopic (exact) mass is 224 g/mol. The summed E-state index contributed by atoms with van der Waals surface area (Å²) in [6.45, 7) is 2.96. The molecule has 0 spiro atoms. The Morgan fingerprint density at radius 3 is 3.06 bits per heavy atom. The maximum absolute atomic E-state index is 13.0. The van der Waals surface area contributed by atoms with E-state index >= 15 is 0 Å². The van der Waals surface area contributed by atoms with E-state index in [4.69, 9.17) is 4.74 Å². The summed E-state index contributed by atoms with van der Waals surface area (Å²) in [5.74, 6) is 0.497. The number of benzene rings is 1. The first kappa shape index (κ1) is 11.2. The van der Waals surface area contributed by atoms with Crippen molar-refractivity contribution in [3.05, 3.63) is 24.0 Å². The molecular formula is C12H17FN2O. The zero-order valence-corrected chi connectivity index (χ0v) is 9.59. The first-order valence-electron chi connectivity index (χ1n) is 5.58. The van der Waals surface area contributed by atoms with Crippen LogP contribution in [0.5, 0.6) is 5.75 Å². The topological polar surface area (TPSA) is 33.3 Å². The third kappa shape index (κ3) is 2.27. The molecule has 0 saturated heterocycles. The van der Waals surface area contributed by atoms with Crippen molar-refractivity contribution in [2.45, 2.75) is 25.5 Å². The van der Waals surface area contributed by atoms with Gasteiger partial charge >= 0.3 is 0 Å². The van der Waals surface area contributed by atoms with Gasteiger partial charge in [-0.05, 0) is 39.1 Å². The Hall–Kier alpha value is -1.29. The van der Waals surface area contributed by atoms with Crippen molar-refractivity contribution in [3.8, 4) is 5.75 Å². The van der Waals surface area contributed by atoms with Crippen LogP contribution in [0.2, 0.25) is 0 Å². The van der Waals surface area contributed by atoms with Crippen molar-refractivity contribution < 1.29 is 9.13 Å². The molecule has 3 nitrogen and oxygen atoms in total. The van der Waals surface area contributed by atoms with Crippen molar-refractivity contribution in [2.75, 3.05) is 18.9 Å². The Kier molecular flexibility index (Phi) is 3.29. The maximum atomic E-state index is 13.0. The fourth-order valence-corrected chi connectivity index (χ4v) is 1.92. The van der Waals surface area contributed by atoms with E-state index in [1.807, 2.05) is 14.0 Å². The number of hydrogen-bond donors (Lipinski definition) is 2. The van der Waals surface area contributed by atoms with Crippen LogP contribution >= 0.6 is 0 Å². The second kappa shape index (κ2) is 4.70. The summed E-state index contributed by atoms with van der Waals surface area (Å²) in [5.41, 5.74) is 0.744. The number of anilines is 1. The second-order valence-corrected chi connectivity index (χ2v) is 4.12. The molecule has 0 aliphatic carbocycles. The van der Waals surface area contributed by atoms with Gasteiger partial charge in [-0.25, -0.2) is 4.39 Å². The lowest BCUT2D eigenvalue weighted by atomic mass is 10.1. The van der Waals surface area contributed by atoms with Gasteiger partial charge in [0.05, 0.1) is 11.7 Å². The van der Waals surface area contributed by atoms with Crippen LogP contribution in [0.15, 0.2) is 18.2 Å². The van der Waals surface area contributed by atoms with Crippen LogP contribution in [0, 0.1) is 5.82 Å². The molecule has 1 heterocycles. The van der Waals surface area contributed by atoms with E-state index in [0.29, 0.717) is 0 Å². The van der Waals surface area contributed by atoms with Crippen molar-refractivity contribution in [1.82, 2.24) is 5.32 Å². The lowest BCUT2D eigenvalue weighted by molar-refractivity contribution is 0.164. The minimum Gasteiger partial charge on any atom is -0.486 e. The van der Waals surface area contributed by atoms with Gasteiger partial charge in [0.2, 0.25) is 0 Å². The molecule has 1 aliphatic heterocycles. The number of nitrogens with one attached hydrogen (secondary N) is 2. The molecule has 2 unspecified atom stereocenters. The summed E-state index contributed by atoms with van der Waals surface area (Å²) >= 11 is 0. The van der Waals surface area contributed by atoms with Crippen LogP contribution < -0.4 is 15.4 Å². The van der Waals surface area contributed by atoms with Crippen LogP contribution in [-0.2, 0) is 0 Å². The van der Waals surface area contributed by atoms with Crippen molar-refractivity contribution >= 4 is 5.69 Å². The fourth-order valence-electron chi connectivity index (χ4n) is 1.92. The predicted octanol–water partition coefficient (Wildman–Crippen LogP) is 2.00. The first-order chi connectivity index (χ1) is 7.70. The molecule has 16 heavy (non-hydrogen) atoms. The molecule has 2 rings (SSSR count). The van der Waals surface area contributed by atoms with Gasteiger partial charge in [-0.2, -0.15) is 0 Å². The maximum Gasteiger partial charge on any atom is 0.143 e. The Morgan fingerprint density at radius 2 is 2.31 bits per heavy atom. The highest BCUT2D eigenvalue weighted by molar-refractivity contribution is 5.58. The Balaban J connectivity index is 2.12. The molecule has 0 fully saturated rings. The van der Waals surface area contributed by atoms with Gasteiger partial charge < -0.3 is 15.4 Å². The standard InChI is InChI=1S/C12H17FN2O/c1-8-11(5-6-14-2)16-12-4-3-9(13)7-10(12)15-8/h3-4,7-8,11,14-15H,5-6H2,1-2H3. The number of ether oxygens (including phenoxy) is 1. The van der Waals surface area contributed by atoms with Gasteiger partial charge in [0.25, 0.3) is 0 Å². The van der Waals surface area contributed by atoms with Crippen molar-refractivity contribution in [1.29, 1.82) is 0 Å². The molecular weight excluding hydrogens is 207 g/mol. The molecule has 0 saturated carbocycles. The minimum absolute atomic E-state index is 0.130. The third-order valence-corrected chi connectivity index (χ3v) is 2.84. The number of halogens is 1. The molecule has 1 aromatic rings. The van der Waals surface area contributed by atoms with Crippen LogP contribution in [0.1, 0.15) is 13.3 Å². The van der Waals surface area contributed by atoms with Gasteiger partial charge in [-0.3, -0.25) is 0 Å². The molecule has 88 valence electrons. The summed E-state index contributed by atoms with van der Waals surface area (Å²) in [7, 11) is 1.92. The zero-order valence-electron chi connectivity index (χ0n) is 9.59. The first-order valence-corrected chi connectivity index (χ1v) is 5.58. The van der Waals surface area contributed by atoms with Gasteiger partial charge in [-0.1, -0.05) is 0 Å². The van der Waals surface area contributed by atoms with Crippen molar-refractivity contribution in [2.24, 2.45) is 0 Å². The molecule has 0 aromatic heterocycles. The van der Waals surface area contributed by atoms with Gasteiger partial charge in [0, 0.05) is 6.07 Å². The highest BCUT2D eigenvalue weighted by Crippen LogP contribution is 2.32. The zero-order chi connectivity index (χ0) is 11.5. The van der Waals surface area contributed by atoms with E-state index < -0.39 is 0 Å². The Labute approximate surface area is 95.0 Å². The quantitative estimate of drug-likeness (QED) is 0.824. The van der Waals surface area contributed by atoms with Crippen LogP contribution in [0.3, 0.4) is 0 Å². The van der Waals surface area contributed by atoms with Gasteiger partial charge in [0.1, 0.15) is 17.7 Å². The summed E-state index contributed by atoms with van der Waals surface area (Å²) < 4.78 is 18.8. The van der Waals surface area contributed by atoms with E-state index in [9.17, 15) is 4.39 Å². The molecule has 1 aliphatic rings. The summed E-state index contributed by atoms with van der Waals surface area (Å²) in [5, 5.41) is 6.37. The van der Waals surface area contributed by atoms with Crippen molar-refractivity contribution in [3.63, 3.8) is 0 Å². The van der Waals surface area contributed by atoms with Crippen LogP contribution in [0.25, 0.3) is 0 Å². The SMILES string of the molecule is CNCCC1Oc2ccc(F)cc2NC1C. The summed E-state index contributed by atoms with van der Waals surface area (Å²) in [6, 6.07) is 4.77. The van der Waals surface area contributed by atoms with E-state index in [1.165, 1.54) is 12.1 Å². The minimum atomic E-state index is -0.240. The van der Waals surface area contributed by atoms with Gasteiger partial charge in [-0.15, -0.1) is 0 Å². The van der Waals surface area contributed by atoms with E-state index in [0.717, 1.165) is 24.4 Å². The smallest absolute Gasteiger partial charge is 0.143 e. The van der Waals surface area contributed by atoms with E-state index in [1.54, 1.807) is 6.07 Å². The normalized spacial score (nSPS) is 23.2. The predicted molar refractivity (Wildman–Crippen MR) is 62.4 cm³/mol. The van der Waals surface area contributed by atoms with Crippen LogP contribution in [0.4, 0.5) is 10.1 Å². The molecule has 0 amide bonds. The van der Waals surface area contributed by atoms with E-state index in [-0.39, 0.29) is 18.0 Å². The number of hydrogen-bond acceptors (Lipinski definition) is 3. The summed E-state index contributed by atoms with van der Waals surface area (Å²) in [6.07, 6.45) is 1.06. The highest BCUT2D eigenvalue weighted by Gasteiger charge is 2.25. The highest BCUT2D eigenvalue weighted by atomic mass is 19.1. The lowest BCUT2D eigenvalue weighted by Crippen LogP contribution is -2.40. The Bertz CT molecular complexity index is 370. The average Bonchev–Trinajstić information content (AvgIpc) is 2.26. The largest absolute Gasteiger partial charge is 0.486 e. The average molecular weight is 224 g/mol. The fraction of sp³-hybridized carbons (Fsp3) is 0.500. The van der Waals surface area contributed by atoms with Gasteiger partial charge in [0.15, 0.2) is 0 Å². The number of fused-ring (bicyclic) bond motifs is 1. The number of rotatable bonds is 3. The van der Waals surface area contributed by atoms with E-state index in [2.05, 4.69) is 10.6 Å². The van der Waals surface area contributed by atoms with Crippen LogP contribution in [-0.4, -0.2) is 25.7 Å². The molecule has 2 atom stereocenters. The molecule has 0 radical (unpaired) electrons. The molecule has 4 heteroatoms. The lowest BCUT2D eigenvalue weighted by Gasteiger charge is -2.33. The summed E-state index contributed by atoms with van der Waals surface area (Å²) in [4.78, 5) is 0.